The number of rotatable bonds is 6. The van der Waals surface area contributed by atoms with E-state index in [2.05, 4.69) is 44.8 Å². The minimum atomic E-state index is 0.0117. The molecule has 0 unspecified atom stereocenters. The minimum Gasteiger partial charge on any atom is -0.351 e. The zero-order valence-electron chi connectivity index (χ0n) is 13.5. The molecule has 0 atom stereocenters. The Labute approximate surface area is 123 Å². The van der Waals surface area contributed by atoms with Crippen molar-refractivity contribution >= 4 is 5.91 Å². The molecule has 20 heavy (non-hydrogen) atoms. The van der Waals surface area contributed by atoms with Crippen molar-refractivity contribution < 1.29 is 4.79 Å². The molecule has 0 aliphatic carbocycles. The Kier molecular flexibility index (Phi) is 6.21. The summed E-state index contributed by atoms with van der Waals surface area (Å²) in [6.07, 6.45) is 0. The molecule has 1 N–H and O–H groups in total. The normalized spacial score (nSPS) is 11.7. The third-order valence-corrected chi connectivity index (χ3v) is 3.62. The standard InChI is InChI=1S/C17H28N2O/c1-6-19(7-2)13-12-18-16(20)14-8-10-15(11-9-14)17(3,4)5/h8-11H,6-7,12-13H2,1-5H3,(H,18,20). The van der Waals surface area contributed by atoms with Gasteiger partial charge in [0.2, 0.25) is 0 Å². The largest absolute Gasteiger partial charge is 0.351 e. The minimum absolute atomic E-state index is 0.0117. The van der Waals surface area contributed by atoms with Crippen LogP contribution in [0.5, 0.6) is 0 Å². The highest BCUT2D eigenvalue weighted by Crippen LogP contribution is 2.22. The highest BCUT2D eigenvalue weighted by molar-refractivity contribution is 5.94. The van der Waals surface area contributed by atoms with Crippen LogP contribution in [0.15, 0.2) is 24.3 Å². The Bertz CT molecular complexity index is 414. The molecule has 3 heteroatoms. The Morgan fingerprint density at radius 2 is 1.65 bits per heavy atom. The maximum Gasteiger partial charge on any atom is 0.251 e. The molecule has 0 saturated carbocycles. The third kappa shape index (κ3) is 4.97. The SMILES string of the molecule is CCN(CC)CCNC(=O)c1ccc(C(C)(C)C)cc1. The van der Waals surface area contributed by atoms with Gasteiger partial charge in [-0.15, -0.1) is 0 Å². The van der Waals surface area contributed by atoms with E-state index in [1.807, 2.05) is 24.3 Å². The van der Waals surface area contributed by atoms with Gasteiger partial charge in [-0.25, -0.2) is 0 Å². The highest BCUT2D eigenvalue weighted by atomic mass is 16.1. The molecule has 0 fully saturated rings. The lowest BCUT2D eigenvalue weighted by Gasteiger charge is -2.19. The van der Waals surface area contributed by atoms with Crippen LogP contribution in [0.2, 0.25) is 0 Å². The van der Waals surface area contributed by atoms with E-state index in [0.717, 1.165) is 25.2 Å². The number of nitrogens with zero attached hydrogens (tertiary/aromatic N) is 1. The van der Waals surface area contributed by atoms with Gasteiger partial charge in [0.15, 0.2) is 0 Å². The van der Waals surface area contributed by atoms with Crippen molar-refractivity contribution in [3.63, 3.8) is 0 Å². The first-order chi connectivity index (χ1) is 9.38. The van der Waals surface area contributed by atoms with E-state index in [-0.39, 0.29) is 11.3 Å². The van der Waals surface area contributed by atoms with Gasteiger partial charge in [-0.1, -0.05) is 46.8 Å². The molecule has 112 valence electrons. The topological polar surface area (TPSA) is 32.3 Å². The van der Waals surface area contributed by atoms with Crippen LogP contribution >= 0.6 is 0 Å². The maximum absolute atomic E-state index is 12.0. The second kappa shape index (κ2) is 7.44. The summed E-state index contributed by atoms with van der Waals surface area (Å²) in [7, 11) is 0. The molecule has 0 saturated heterocycles. The van der Waals surface area contributed by atoms with Crippen LogP contribution in [-0.2, 0) is 5.41 Å². The van der Waals surface area contributed by atoms with E-state index in [0.29, 0.717) is 6.54 Å². The average molecular weight is 276 g/mol. The molecule has 1 aromatic rings. The Hall–Kier alpha value is -1.35. The van der Waals surface area contributed by atoms with Crippen molar-refractivity contribution in [2.24, 2.45) is 0 Å². The molecule has 1 amide bonds. The number of hydrogen-bond acceptors (Lipinski definition) is 2. The van der Waals surface area contributed by atoms with E-state index in [9.17, 15) is 4.79 Å². The maximum atomic E-state index is 12.0. The van der Waals surface area contributed by atoms with Crippen molar-refractivity contribution in [2.45, 2.75) is 40.0 Å². The zero-order chi connectivity index (χ0) is 15.2. The first-order valence-corrected chi connectivity index (χ1v) is 7.49. The highest BCUT2D eigenvalue weighted by Gasteiger charge is 2.14. The van der Waals surface area contributed by atoms with Crippen molar-refractivity contribution in [1.82, 2.24) is 10.2 Å². The van der Waals surface area contributed by atoms with E-state index >= 15 is 0 Å². The van der Waals surface area contributed by atoms with Gasteiger partial charge in [-0.3, -0.25) is 4.79 Å². The Morgan fingerprint density at radius 3 is 2.10 bits per heavy atom. The number of benzene rings is 1. The number of nitrogens with one attached hydrogen (secondary N) is 1. The fraction of sp³-hybridized carbons (Fsp3) is 0.588. The van der Waals surface area contributed by atoms with Gasteiger partial charge in [0.05, 0.1) is 0 Å². The van der Waals surface area contributed by atoms with Crippen LogP contribution in [0.25, 0.3) is 0 Å². The van der Waals surface area contributed by atoms with E-state index < -0.39 is 0 Å². The van der Waals surface area contributed by atoms with Crippen molar-refractivity contribution in [2.75, 3.05) is 26.2 Å². The van der Waals surface area contributed by atoms with Gasteiger partial charge < -0.3 is 10.2 Å². The molecule has 0 aromatic heterocycles. The number of carbonyl (C=O) groups is 1. The summed E-state index contributed by atoms with van der Waals surface area (Å²) in [5.74, 6) is 0.0117. The summed E-state index contributed by atoms with van der Waals surface area (Å²) in [6.45, 7) is 14.4. The number of hydrogen-bond donors (Lipinski definition) is 1. The van der Waals surface area contributed by atoms with Crippen molar-refractivity contribution in [3.05, 3.63) is 35.4 Å². The number of amides is 1. The van der Waals surface area contributed by atoms with E-state index in [1.165, 1.54) is 5.56 Å². The van der Waals surface area contributed by atoms with Crippen molar-refractivity contribution in [3.8, 4) is 0 Å². The molecular weight excluding hydrogens is 248 g/mol. The van der Waals surface area contributed by atoms with Gasteiger partial charge in [-0.05, 0) is 36.2 Å². The van der Waals surface area contributed by atoms with Gasteiger partial charge in [0.25, 0.3) is 5.91 Å². The second-order valence-corrected chi connectivity index (χ2v) is 6.11. The van der Waals surface area contributed by atoms with Crippen LogP contribution in [0, 0.1) is 0 Å². The van der Waals surface area contributed by atoms with Crippen LogP contribution < -0.4 is 5.32 Å². The van der Waals surface area contributed by atoms with Crippen LogP contribution in [-0.4, -0.2) is 37.0 Å². The molecular formula is C17H28N2O. The van der Waals surface area contributed by atoms with Crippen LogP contribution in [0.4, 0.5) is 0 Å². The smallest absolute Gasteiger partial charge is 0.251 e. The summed E-state index contributed by atoms with van der Waals surface area (Å²) in [6, 6.07) is 7.90. The quantitative estimate of drug-likeness (QED) is 0.866. The zero-order valence-corrected chi connectivity index (χ0v) is 13.5. The fourth-order valence-electron chi connectivity index (χ4n) is 2.09. The summed E-state index contributed by atoms with van der Waals surface area (Å²) in [5.41, 5.74) is 2.10. The first kappa shape index (κ1) is 16.7. The number of likely N-dealkylation sites (N-methyl/N-ethyl adjacent to an activating group) is 1. The predicted molar refractivity (Wildman–Crippen MR) is 85.3 cm³/mol. The van der Waals surface area contributed by atoms with E-state index in [4.69, 9.17) is 0 Å². The summed E-state index contributed by atoms with van der Waals surface area (Å²) < 4.78 is 0. The molecule has 0 radical (unpaired) electrons. The summed E-state index contributed by atoms with van der Waals surface area (Å²) in [4.78, 5) is 14.3. The fourth-order valence-corrected chi connectivity index (χ4v) is 2.09. The average Bonchev–Trinajstić information content (AvgIpc) is 2.42. The van der Waals surface area contributed by atoms with Gasteiger partial charge in [0.1, 0.15) is 0 Å². The summed E-state index contributed by atoms with van der Waals surface area (Å²) in [5, 5.41) is 2.98. The lowest BCUT2D eigenvalue weighted by atomic mass is 9.87. The Morgan fingerprint density at radius 1 is 1.10 bits per heavy atom. The van der Waals surface area contributed by atoms with Gasteiger partial charge in [-0.2, -0.15) is 0 Å². The molecule has 0 aliphatic rings. The number of carbonyl (C=O) groups excluding carboxylic acids is 1. The van der Waals surface area contributed by atoms with E-state index in [1.54, 1.807) is 0 Å². The molecule has 0 spiro atoms. The van der Waals surface area contributed by atoms with Gasteiger partial charge >= 0.3 is 0 Å². The molecule has 3 nitrogen and oxygen atoms in total. The Balaban J connectivity index is 2.52. The second-order valence-electron chi connectivity index (χ2n) is 6.11. The lowest BCUT2D eigenvalue weighted by molar-refractivity contribution is 0.0949. The van der Waals surface area contributed by atoms with Gasteiger partial charge in [0, 0.05) is 18.7 Å². The first-order valence-electron chi connectivity index (χ1n) is 7.49. The van der Waals surface area contributed by atoms with Crippen molar-refractivity contribution in [1.29, 1.82) is 0 Å². The monoisotopic (exact) mass is 276 g/mol. The molecule has 0 heterocycles. The third-order valence-electron chi connectivity index (χ3n) is 3.62. The molecule has 1 aromatic carbocycles. The molecule has 0 aliphatic heterocycles. The lowest BCUT2D eigenvalue weighted by Crippen LogP contribution is -2.34. The molecule has 1 rings (SSSR count). The van der Waals surface area contributed by atoms with Crippen LogP contribution in [0.1, 0.15) is 50.5 Å². The van der Waals surface area contributed by atoms with Crippen LogP contribution in [0.3, 0.4) is 0 Å². The molecule has 0 bridgehead atoms. The predicted octanol–water partition coefficient (Wildman–Crippen LogP) is 3.06. The summed E-state index contributed by atoms with van der Waals surface area (Å²) >= 11 is 0.